The summed E-state index contributed by atoms with van der Waals surface area (Å²) in [5.74, 6) is 0. The van der Waals surface area contributed by atoms with Gasteiger partial charge in [-0.3, -0.25) is 0 Å². The van der Waals surface area contributed by atoms with Crippen LogP contribution < -0.4 is 5.32 Å². The molecule has 2 heterocycles. The third-order valence-electron chi connectivity index (χ3n) is 5.62. The first kappa shape index (κ1) is 16.3. The zero-order chi connectivity index (χ0) is 14.5. The zero-order valence-electron chi connectivity index (χ0n) is 14.1. The minimum atomic E-state index is 0.679. The maximum atomic E-state index is 3.90. The summed E-state index contributed by atoms with van der Waals surface area (Å²) in [5.41, 5.74) is 0. The third-order valence-corrected chi connectivity index (χ3v) is 5.62. The molecule has 2 saturated heterocycles. The van der Waals surface area contributed by atoms with Gasteiger partial charge in [-0.15, -0.1) is 0 Å². The van der Waals surface area contributed by atoms with E-state index in [4.69, 9.17) is 0 Å². The molecule has 3 unspecified atom stereocenters. The fourth-order valence-electron chi connectivity index (χ4n) is 4.19. The van der Waals surface area contributed by atoms with Gasteiger partial charge in [0.05, 0.1) is 0 Å². The lowest BCUT2D eigenvalue weighted by molar-refractivity contribution is 0.143. The normalized spacial score (nSPS) is 31.9. The Bertz CT molecular complexity index is 263. The van der Waals surface area contributed by atoms with Crippen LogP contribution in [0.15, 0.2) is 0 Å². The summed E-state index contributed by atoms with van der Waals surface area (Å²) < 4.78 is 0. The molecule has 0 aromatic rings. The molecule has 2 aliphatic rings. The van der Waals surface area contributed by atoms with Crippen LogP contribution in [0.4, 0.5) is 0 Å². The van der Waals surface area contributed by atoms with E-state index in [1.54, 1.807) is 0 Å². The third kappa shape index (κ3) is 4.19. The van der Waals surface area contributed by atoms with E-state index in [9.17, 15) is 0 Å². The molecule has 3 atom stereocenters. The molecule has 3 heteroatoms. The second-order valence-corrected chi connectivity index (χ2v) is 6.96. The highest BCUT2D eigenvalue weighted by atomic mass is 15.2. The van der Waals surface area contributed by atoms with Gasteiger partial charge in [-0.25, -0.2) is 0 Å². The van der Waals surface area contributed by atoms with Crippen molar-refractivity contribution in [3.63, 3.8) is 0 Å². The van der Waals surface area contributed by atoms with Crippen LogP contribution in [0.25, 0.3) is 0 Å². The highest BCUT2D eigenvalue weighted by Gasteiger charge is 2.38. The summed E-state index contributed by atoms with van der Waals surface area (Å²) in [6.07, 6.45) is 8.24. The smallest absolute Gasteiger partial charge is 0.0111 e. The van der Waals surface area contributed by atoms with E-state index >= 15 is 0 Å². The predicted octanol–water partition coefficient (Wildman–Crippen LogP) is 2.71. The second kappa shape index (κ2) is 7.77. The van der Waals surface area contributed by atoms with Crippen LogP contribution in [0.5, 0.6) is 0 Å². The number of piperidine rings is 1. The molecule has 2 rings (SSSR count). The molecule has 20 heavy (non-hydrogen) atoms. The summed E-state index contributed by atoms with van der Waals surface area (Å²) in [4.78, 5) is 5.16. The Balaban J connectivity index is 1.64. The molecule has 0 spiro atoms. The molecule has 0 saturated carbocycles. The van der Waals surface area contributed by atoms with Gasteiger partial charge in [-0.2, -0.15) is 0 Å². The van der Waals surface area contributed by atoms with Crippen molar-refractivity contribution in [1.82, 2.24) is 15.1 Å². The predicted molar refractivity (Wildman–Crippen MR) is 87.2 cm³/mol. The largest absolute Gasteiger partial charge is 0.311 e. The molecular weight excluding hydrogens is 246 g/mol. The summed E-state index contributed by atoms with van der Waals surface area (Å²) >= 11 is 0. The summed E-state index contributed by atoms with van der Waals surface area (Å²) in [5, 5.41) is 3.90. The Kier molecular flexibility index (Phi) is 6.31. The molecule has 118 valence electrons. The molecule has 0 aliphatic carbocycles. The standard InChI is InChI=1S/C17H35N3/c1-5-20(6-2)11-7-8-14(3)18-15-12-16-9-10-17(13-15)19(16)4/h14-18H,5-13H2,1-4H3. The monoisotopic (exact) mass is 281 g/mol. The Morgan fingerprint density at radius 3 is 2.30 bits per heavy atom. The van der Waals surface area contributed by atoms with Gasteiger partial charge in [-0.05, 0) is 72.1 Å². The lowest BCUT2D eigenvalue weighted by atomic mass is 9.97. The van der Waals surface area contributed by atoms with Crippen molar-refractivity contribution >= 4 is 0 Å². The number of nitrogens with zero attached hydrogens (tertiary/aromatic N) is 2. The van der Waals surface area contributed by atoms with Gasteiger partial charge in [0, 0.05) is 24.2 Å². The van der Waals surface area contributed by atoms with E-state index in [-0.39, 0.29) is 0 Å². The summed E-state index contributed by atoms with van der Waals surface area (Å²) in [7, 11) is 2.33. The van der Waals surface area contributed by atoms with Crippen LogP contribution in [-0.2, 0) is 0 Å². The van der Waals surface area contributed by atoms with Crippen LogP contribution in [0.3, 0.4) is 0 Å². The van der Waals surface area contributed by atoms with Crippen LogP contribution >= 0.6 is 0 Å². The van der Waals surface area contributed by atoms with Crippen molar-refractivity contribution in [2.24, 2.45) is 0 Å². The average molecular weight is 281 g/mol. The number of rotatable bonds is 8. The minimum Gasteiger partial charge on any atom is -0.311 e. The summed E-state index contributed by atoms with van der Waals surface area (Å²) in [6.45, 7) is 10.5. The fourth-order valence-corrected chi connectivity index (χ4v) is 4.19. The van der Waals surface area contributed by atoms with E-state index in [1.807, 2.05) is 0 Å². The molecule has 2 aliphatic heterocycles. The van der Waals surface area contributed by atoms with Crippen molar-refractivity contribution in [2.45, 2.75) is 83.5 Å². The van der Waals surface area contributed by atoms with Crippen LogP contribution in [0, 0.1) is 0 Å². The van der Waals surface area contributed by atoms with Crippen molar-refractivity contribution in [2.75, 3.05) is 26.7 Å². The molecule has 2 fully saturated rings. The molecule has 0 aromatic carbocycles. The lowest BCUT2D eigenvalue weighted by Crippen LogP contribution is -2.49. The van der Waals surface area contributed by atoms with Crippen molar-refractivity contribution in [1.29, 1.82) is 0 Å². The Hall–Kier alpha value is -0.120. The van der Waals surface area contributed by atoms with E-state index < -0.39 is 0 Å². The lowest BCUT2D eigenvalue weighted by Gasteiger charge is -2.38. The van der Waals surface area contributed by atoms with E-state index in [2.05, 4.69) is 42.9 Å². The number of hydrogen-bond acceptors (Lipinski definition) is 3. The van der Waals surface area contributed by atoms with Crippen LogP contribution in [0.1, 0.15) is 59.3 Å². The number of fused-ring (bicyclic) bond motifs is 2. The first-order valence-corrected chi connectivity index (χ1v) is 8.84. The highest BCUT2D eigenvalue weighted by molar-refractivity contribution is 4.96. The quantitative estimate of drug-likeness (QED) is 0.738. The van der Waals surface area contributed by atoms with Gasteiger partial charge in [-0.1, -0.05) is 13.8 Å². The Morgan fingerprint density at radius 2 is 1.75 bits per heavy atom. The number of hydrogen-bond donors (Lipinski definition) is 1. The molecule has 0 aromatic heterocycles. The molecule has 0 radical (unpaired) electrons. The van der Waals surface area contributed by atoms with Crippen molar-refractivity contribution in [3.8, 4) is 0 Å². The first-order chi connectivity index (χ1) is 9.63. The second-order valence-electron chi connectivity index (χ2n) is 6.96. The molecule has 2 bridgehead atoms. The van der Waals surface area contributed by atoms with Crippen molar-refractivity contribution in [3.05, 3.63) is 0 Å². The average Bonchev–Trinajstić information content (AvgIpc) is 2.66. The molecule has 3 nitrogen and oxygen atoms in total. The molecule has 0 amide bonds. The van der Waals surface area contributed by atoms with E-state index in [0.717, 1.165) is 18.1 Å². The SMILES string of the molecule is CCN(CC)CCCC(C)NC1CC2CCC(C1)N2C. The van der Waals surface area contributed by atoms with Gasteiger partial charge in [0.2, 0.25) is 0 Å². The van der Waals surface area contributed by atoms with Gasteiger partial charge in [0.25, 0.3) is 0 Å². The zero-order valence-corrected chi connectivity index (χ0v) is 14.1. The highest BCUT2D eigenvalue weighted by Crippen LogP contribution is 2.34. The maximum Gasteiger partial charge on any atom is 0.0111 e. The topological polar surface area (TPSA) is 18.5 Å². The first-order valence-electron chi connectivity index (χ1n) is 8.84. The van der Waals surface area contributed by atoms with Gasteiger partial charge in [0.1, 0.15) is 0 Å². The van der Waals surface area contributed by atoms with E-state index in [1.165, 1.54) is 58.2 Å². The fraction of sp³-hybridized carbons (Fsp3) is 1.00. The van der Waals surface area contributed by atoms with Crippen molar-refractivity contribution < 1.29 is 0 Å². The maximum absolute atomic E-state index is 3.90. The van der Waals surface area contributed by atoms with Gasteiger partial charge in [0.15, 0.2) is 0 Å². The van der Waals surface area contributed by atoms with E-state index in [0.29, 0.717) is 6.04 Å². The molecular formula is C17H35N3. The van der Waals surface area contributed by atoms with Crippen LogP contribution in [-0.4, -0.2) is 60.6 Å². The van der Waals surface area contributed by atoms with Crippen LogP contribution in [0.2, 0.25) is 0 Å². The Labute approximate surface area is 126 Å². The minimum absolute atomic E-state index is 0.679. The molecule has 1 N–H and O–H groups in total. The summed E-state index contributed by atoms with van der Waals surface area (Å²) in [6, 6.07) is 3.16. The number of nitrogens with one attached hydrogen (secondary N) is 1. The van der Waals surface area contributed by atoms with Gasteiger partial charge < -0.3 is 15.1 Å². The Morgan fingerprint density at radius 1 is 1.15 bits per heavy atom. The van der Waals surface area contributed by atoms with Gasteiger partial charge >= 0.3 is 0 Å².